The molecule has 0 amide bonds. The van der Waals surface area contributed by atoms with Crippen molar-refractivity contribution in [3.8, 4) is 23.0 Å². The third-order valence-corrected chi connectivity index (χ3v) is 4.12. The molecule has 0 unspecified atom stereocenters. The van der Waals surface area contributed by atoms with Gasteiger partial charge in [0.1, 0.15) is 11.5 Å². The van der Waals surface area contributed by atoms with Gasteiger partial charge in [0.05, 0.1) is 28.4 Å². The predicted molar refractivity (Wildman–Crippen MR) is 89.3 cm³/mol. The van der Waals surface area contributed by atoms with E-state index in [4.69, 9.17) is 27.3 Å². The molecule has 1 heterocycles. The third kappa shape index (κ3) is 2.66. The van der Waals surface area contributed by atoms with Gasteiger partial charge >= 0.3 is 0 Å². The normalized spacial score (nSPS) is 10.6. The second-order valence-corrected chi connectivity index (χ2v) is 5.28. The molecule has 0 aliphatic heterocycles. The molecule has 0 saturated heterocycles. The highest BCUT2D eigenvalue weighted by molar-refractivity contribution is 7.15. The average molecular weight is 336 g/mol. The van der Waals surface area contributed by atoms with Crippen LogP contribution in [0.1, 0.15) is 0 Å². The number of rotatable bonds is 4. The third-order valence-electron chi connectivity index (χ3n) is 3.55. The molecule has 0 bridgehead atoms. The first-order valence-electron chi connectivity index (χ1n) is 6.83. The smallest absolute Gasteiger partial charge is 0.201 e. The molecule has 0 aliphatic rings. The minimum absolute atomic E-state index is 0.219. The second kappa shape index (κ2) is 6.34. The lowest BCUT2D eigenvalue weighted by atomic mass is 10.1. The fourth-order valence-corrected chi connectivity index (χ4v) is 3.04. The van der Waals surface area contributed by atoms with E-state index in [0.29, 0.717) is 34.2 Å². The summed E-state index contributed by atoms with van der Waals surface area (Å²) in [4.78, 5) is 0. The van der Waals surface area contributed by atoms with Crippen LogP contribution in [0.3, 0.4) is 0 Å². The molecule has 3 rings (SSSR count). The molecule has 1 aromatic heterocycles. The van der Waals surface area contributed by atoms with Crippen molar-refractivity contribution in [1.29, 1.82) is 0 Å². The Bertz CT molecular complexity index is 815. The summed E-state index contributed by atoms with van der Waals surface area (Å²) in [7, 11) is 6.15. The van der Waals surface area contributed by atoms with Crippen molar-refractivity contribution in [3.63, 3.8) is 0 Å². The van der Waals surface area contributed by atoms with Gasteiger partial charge in [-0.05, 0) is 12.1 Å². The lowest BCUT2D eigenvalue weighted by Crippen LogP contribution is -1.90. The van der Waals surface area contributed by atoms with Gasteiger partial charge in [0.2, 0.25) is 8.67 Å². The van der Waals surface area contributed by atoms with E-state index in [-0.39, 0.29) is 8.67 Å². The Labute approximate surface area is 134 Å². The molecule has 0 fully saturated rings. The summed E-state index contributed by atoms with van der Waals surface area (Å²) >= 11 is 0. The van der Waals surface area contributed by atoms with Gasteiger partial charge in [-0.3, -0.25) is 0 Å². The zero-order chi connectivity index (χ0) is 16.4. The van der Waals surface area contributed by atoms with Gasteiger partial charge in [0, 0.05) is 22.9 Å². The summed E-state index contributed by atoms with van der Waals surface area (Å²) in [6.45, 7) is 0. The quantitative estimate of drug-likeness (QED) is 0.705. The number of hydrogen-bond donors (Lipinski definition) is 0. The van der Waals surface area contributed by atoms with E-state index in [1.807, 2.05) is 12.1 Å². The lowest BCUT2D eigenvalue weighted by molar-refractivity contribution is 0.394. The van der Waals surface area contributed by atoms with Gasteiger partial charge in [-0.15, -0.1) is 0 Å². The fraction of sp³-hybridized carbons (Fsp3) is 0.250. The Morgan fingerprint density at radius 1 is 0.652 bits per heavy atom. The summed E-state index contributed by atoms with van der Waals surface area (Å²) in [6, 6.07) is 7.28. The van der Waals surface area contributed by atoms with E-state index in [1.165, 1.54) is 0 Å². The highest BCUT2D eigenvalue weighted by Gasteiger charge is 2.14. The van der Waals surface area contributed by atoms with E-state index >= 15 is 0 Å². The highest BCUT2D eigenvalue weighted by Crippen LogP contribution is 2.40. The van der Waals surface area contributed by atoms with Crippen LogP contribution in [0.5, 0.6) is 23.0 Å². The van der Waals surface area contributed by atoms with Crippen molar-refractivity contribution in [1.82, 2.24) is 0 Å². The zero-order valence-corrected chi connectivity index (χ0v) is 14.3. The summed E-state index contributed by atoms with van der Waals surface area (Å²) in [5.74, 6) is 2.46. The summed E-state index contributed by atoms with van der Waals surface area (Å²) in [5.41, 5.74) is 1.20. The molecular weight excluding hydrogens is 319 g/mol. The van der Waals surface area contributed by atoms with Crippen LogP contribution in [0.2, 0.25) is 0 Å². The molecule has 6 nitrogen and oxygen atoms in total. The monoisotopic (exact) mass is 336 g/mol. The van der Waals surface area contributed by atoms with Gasteiger partial charge in [-0.25, -0.2) is 0 Å². The van der Waals surface area contributed by atoms with Crippen LogP contribution >= 0.6 is 8.67 Å². The molecule has 0 aliphatic carbocycles. The maximum absolute atomic E-state index is 5.75. The van der Waals surface area contributed by atoms with Gasteiger partial charge < -0.3 is 27.3 Å². The van der Waals surface area contributed by atoms with Crippen LogP contribution < -0.4 is 18.9 Å². The molecule has 0 spiro atoms. The van der Waals surface area contributed by atoms with Crippen LogP contribution in [-0.2, 0) is 0 Å². The Morgan fingerprint density at radius 3 is 1.43 bits per heavy atom. The summed E-state index contributed by atoms with van der Waals surface area (Å²) in [6.07, 6.45) is 0. The van der Waals surface area contributed by atoms with Gasteiger partial charge in [0.15, 0.2) is 22.7 Å². The maximum atomic E-state index is 5.75. The van der Waals surface area contributed by atoms with Gasteiger partial charge in [-0.1, -0.05) is 0 Å². The van der Waals surface area contributed by atoms with Crippen molar-refractivity contribution in [3.05, 3.63) is 24.3 Å². The number of methoxy groups -OCH3 is 4. The van der Waals surface area contributed by atoms with Crippen LogP contribution in [0.4, 0.5) is 0 Å². The molecule has 3 aromatic rings. The number of ether oxygens (including phenoxy) is 4. The van der Waals surface area contributed by atoms with Crippen molar-refractivity contribution in [2.75, 3.05) is 28.4 Å². The van der Waals surface area contributed by atoms with Gasteiger partial charge in [0.25, 0.3) is 0 Å². The standard InChI is InChI=1S/C16H17O6P/c1-17-9-5-11-12-6-10(18-2)8-14(20-4)16(12)22-23-21-15(11)13(7-9)19-3/h5-8,23H,1-4H3. The first kappa shape index (κ1) is 15.4. The van der Waals surface area contributed by atoms with E-state index in [2.05, 4.69) is 0 Å². The molecule has 7 heteroatoms. The van der Waals surface area contributed by atoms with Crippen LogP contribution in [0.15, 0.2) is 32.7 Å². The van der Waals surface area contributed by atoms with Crippen molar-refractivity contribution < 1.29 is 27.3 Å². The minimum atomic E-state index is -0.219. The lowest BCUT2D eigenvalue weighted by Gasteiger charge is -2.08. The van der Waals surface area contributed by atoms with Gasteiger partial charge in [-0.2, -0.15) is 0 Å². The largest absolute Gasteiger partial charge is 0.497 e. The molecule has 0 saturated carbocycles. The predicted octanol–water partition coefficient (Wildman–Crippen LogP) is 4.37. The number of fused-ring (bicyclic) bond motifs is 3. The Balaban J connectivity index is 2.55. The molecule has 122 valence electrons. The highest BCUT2D eigenvalue weighted by atomic mass is 31.1. The average Bonchev–Trinajstić information content (AvgIpc) is 2.79. The topological polar surface area (TPSA) is 63.2 Å². The first-order valence-corrected chi connectivity index (χ1v) is 7.64. The molecular formula is C16H17O6P. The SMILES string of the molecule is COc1cc(OC)c2o[pH]oc3c(OC)cc(OC)cc3c2c1. The molecule has 23 heavy (non-hydrogen) atoms. The fourth-order valence-electron chi connectivity index (χ4n) is 2.41. The van der Waals surface area contributed by atoms with Crippen LogP contribution in [0.25, 0.3) is 21.9 Å². The van der Waals surface area contributed by atoms with Crippen LogP contribution in [-0.4, -0.2) is 28.4 Å². The maximum Gasteiger partial charge on any atom is 0.201 e. The number of benzene rings is 2. The zero-order valence-electron chi connectivity index (χ0n) is 13.3. The number of hydrogen-bond acceptors (Lipinski definition) is 6. The van der Waals surface area contributed by atoms with Crippen LogP contribution in [0, 0.1) is 0 Å². The Kier molecular flexibility index (Phi) is 4.26. The molecule has 2 aromatic carbocycles. The molecule has 0 radical (unpaired) electrons. The molecule has 0 atom stereocenters. The first-order chi connectivity index (χ1) is 11.2. The Hall–Kier alpha value is -2.46. The van der Waals surface area contributed by atoms with Crippen molar-refractivity contribution in [2.24, 2.45) is 0 Å². The second-order valence-electron chi connectivity index (χ2n) is 4.70. The summed E-state index contributed by atoms with van der Waals surface area (Å²) in [5, 5.41) is 1.58. The van der Waals surface area contributed by atoms with E-state index in [9.17, 15) is 0 Å². The van der Waals surface area contributed by atoms with E-state index < -0.39 is 0 Å². The van der Waals surface area contributed by atoms with Crippen molar-refractivity contribution in [2.45, 2.75) is 0 Å². The van der Waals surface area contributed by atoms with E-state index in [1.54, 1.807) is 40.6 Å². The van der Waals surface area contributed by atoms with E-state index in [0.717, 1.165) is 10.8 Å². The Morgan fingerprint density at radius 2 is 1.09 bits per heavy atom. The summed E-state index contributed by atoms with van der Waals surface area (Å²) < 4.78 is 33.1. The molecule has 0 N–H and O–H groups in total. The van der Waals surface area contributed by atoms with Crippen molar-refractivity contribution >= 4 is 30.6 Å². The minimum Gasteiger partial charge on any atom is -0.497 e.